The van der Waals surface area contributed by atoms with E-state index in [-0.39, 0.29) is 18.1 Å². The summed E-state index contributed by atoms with van der Waals surface area (Å²) in [4.78, 5) is 11.8. The summed E-state index contributed by atoms with van der Waals surface area (Å²) in [5.41, 5.74) is 6.30. The Morgan fingerprint density at radius 3 is 2.55 bits per heavy atom. The maximum atomic E-state index is 11.8. The molecule has 0 unspecified atom stereocenters. The van der Waals surface area contributed by atoms with Crippen molar-refractivity contribution in [3.63, 3.8) is 0 Å². The van der Waals surface area contributed by atoms with E-state index >= 15 is 0 Å². The third kappa shape index (κ3) is 6.09. The molecule has 0 bridgehead atoms. The minimum absolute atomic E-state index is 0.177. The standard InChI is InChI=1S/C14H20Cl2N2O2/c1-14(2,3)20-8-12(17)13(19)18-7-9-4-5-10(15)11(16)6-9/h4-6,12H,7-8,17H2,1-3H3,(H,18,19)/t12-/m1/s1. The average Bonchev–Trinajstić information content (AvgIpc) is 2.36. The number of rotatable bonds is 5. The zero-order valence-electron chi connectivity index (χ0n) is 11.9. The second-order valence-electron chi connectivity index (χ2n) is 5.50. The summed E-state index contributed by atoms with van der Waals surface area (Å²) in [6.07, 6.45) is 0. The summed E-state index contributed by atoms with van der Waals surface area (Å²) < 4.78 is 5.47. The summed E-state index contributed by atoms with van der Waals surface area (Å²) in [6, 6.07) is 4.50. The fourth-order valence-corrected chi connectivity index (χ4v) is 1.71. The number of hydrogen-bond acceptors (Lipinski definition) is 3. The van der Waals surface area contributed by atoms with Crippen molar-refractivity contribution in [2.45, 2.75) is 39.0 Å². The fourth-order valence-electron chi connectivity index (χ4n) is 1.39. The Kier molecular flexibility index (Phi) is 6.27. The van der Waals surface area contributed by atoms with Crippen LogP contribution in [0.2, 0.25) is 10.0 Å². The van der Waals surface area contributed by atoms with Crippen LogP contribution in [0.5, 0.6) is 0 Å². The Hall–Kier alpha value is -0.810. The third-order valence-electron chi connectivity index (χ3n) is 2.48. The lowest BCUT2D eigenvalue weighted by atomic mass is 10.2. The van der Waals surface area contributed by atoms with Crippen LogP contribution in [0.4, 0.5) is 0 Å². The first-order chi connectivity index (χ1) is 9.19. The van der Waals surface area contributed by atoms with Gasteiger partial charge in [0.15, 0.2) is 0 Å². The van der Waals surface area contributed by atoms with Gasteiger partial charge in [-0.05, 0) is 38.5 Å². The van der Waals surface area contributed by atoms with Crippen LogP contribution < -0.4 is 11.1 Å². The molecule has 0 aliphatic carbocycles. The van der Waals surface area contributed by atoms with E-state index in [0.29, 0.717) is 16.6 Å². The van der Waals surface area contributed by atoms with Crippen LogP contribution in [0.1, 0.15) is 26.3 Å². The lowest BCUT2D eigenvalue weighted by Crippen LogP contribution is -2.44. The number of carbonyl (C=O) groups is 1. The number of amides is 1. The molecule has 1 aromatic carbocycles. The van der Waals surface area contributed by atoms with Crippen LogP contribution in [0.25, 0.3) is 0 Å². The molecule has 0 aromatic heterocycles. The number of nitrogens with two attached hydrogens (primary N) is 1. The highest BCUT2D eigenvalue weighted by Gasteiger charge is 2.18. The molecule has 0 aliphatic rings. The van der Waals surface area contributed by atoms with E-state index in [2.05, 4.69) is 5.32 Å². The Balaban J connectivity index is 2.44. The van der Waals surface area contributed by atoms with Crippen LogP contribution in [-0.4, -0.2) is 24.2 Å². The van der Waals surface area contributed by atoms with Gasteiger partial charge in [-0.15, -0.1) is 0 Å². The van der Waals surface area contributed by atoms with Gasteiger partial charge in [0.25, 0.3) is 0 Å². The van der Waals surface area contributed by atoms with Gasteiger partial charge in [-0.25, -0.2) is 0 Å². The first-order valence-electron chi connectivity index (χ1n) is 6.30. The smallest absolute Gasteiger partial charge is 0.239 e. The van der Waals surface area contributed by atoms with Crippen molar-refractivity contribution in [1.29, 1.82) is 0 Å². The first-order valence-corrected chi connectivity index (χ1v) is 7.06. The second-order valence-corrected chi connectivity index (χ2v) is 6.31. The van der Waals surface area contributed by atoms with Crippen molar-refractivity contribution >= 4 is 29.1 Å². The number of nitrogens with one attached hydrogen (secondary N) is 1. The van der Waals surface area contributed by atoms with E-state index in [9.17, 15) is 4.79 Å². The highest BCUT2D eigenvalue weighted by atomic mass is 35.5. The molecule has 6 heteroatoms. The van der Waals surface area contributed by atoms with Crippen molar-refractivity contribution in [1.82, 2.24) is 5.32 Å². The molecule has 0 radical (unpaired) electrons. The van der Waals surface area contributed by atoms with Crippen LogP contribution in [0.3, 0.4) is 0 Å². The molecule has 0 fully saturated rings. The van der Waals surface area contributed by atoms with E-state index in [1.165, 1.54) is 0 Å². The molecule has 1 amide bonds. The van der Waals surface area contributed by atoms with Crippen molar-refractivity contribution in [3.05, 3.63) is 33.8 Å². The second kappa shape index (κ2) is 7.27. The molecule has 1 atom stereocenters. The van der Waals surface area contributed by atoms with Crippen molar-refractivity contribution in [2.75, 3.05) is 6.61 Å². The first kappa shape index (κ1) is 17.2. The summed E-state index contributed by atoms with van der Waals surface area (Å²) in [5.74, 6) is -0.264. The molecule has 4 nitrogen and oxygen atoms in total. The lowest BCUT2D eigenvalue weighted by molar-refractivity contribution is -0.125. The topological polar surface area (TPSA) is 64.3 Å². The summed E-state index contributed by atoms with van der Waals surface area (Å²) >= 11 is 11.7. The molecular formula is C14H20Cl2N2O2. The Bertz CT molecular complexity index is 473. The minimum Gasteiger partial charge on any atom is -0.374 e. The molecular weight excluding hydrogens is 299 g/mol. The Morgan fingerprint density at radius 2 is 2.00 bits per heavy atom. The number of ether oxygens (including phenoxy) is 1. The monoisotopic (exact) mass is 318 g/mol. The van der Waals surface area contributed by atoms with Gasteiger partial charge in [0.2, 0.25) is 5.91 Å². The fraction of sp³-hybridized carbons (Fsp3) is 0.500. The van der Waals surface area contributed by atoms with Gasteiger partial charge < -0.3 is 15.8 Å². The largest absolute Gasteiger partial charge is 0.374 e. The van der Waals surface area contributed by atoms with E-state index in [1.54, 1.807) is 18.2 Å². The van der Waals surface area contributed by atoms with Gasteiger partial charge in [-0.1, -0.05) is 29.3 Å². The van der Waals surface area contributed by atoms with Crippen LogP contribution in [-0.2, 0) is 16.1 Å². The Labute approximate surface area is 129 Å². The average molecular weight is 319 g/mol. The summed E-state index contributed by atoms with van der Waals surface area (Å²) in [7, 11) is 0. The van der Waals surface area contributed by atoms with Gasteiger partial charge >= 0.3 is 0 Å². The van der Waals surface area contributed by atoms with Gasteiger partial charge in [0.05, 0.1) is 22.3 Å². The number of hydrogen-bond donors (Lipinski definition) is 2. The Morgan fingerprint density at radius 1 is 1.35 bits per heavy atom. The van der Waals surface area contributed by atoms with E-state index in [0.717, 1.165) is 5.56 Å². The molecule has 1 aromatic rings. The van der Waals surface area contributed by atoms with Gasteiger partial charge in [-0.2, -0.15) is 0 Å². The van der Waals surface area contributed by atoms with Crippen molar-refractivity contribution < 1.29 is 9.53 Å². The summed E-state index contributed by atoms with van der Waals surface area (Å²) in [5, 5.41) is 3.68. The molecule has 112 valence electrons. The zero-order valence-corrected chi connectivity index (χ0v) is 13.4. The van der Waals surface area contributed by atoms with Gasteiger partial charge in [-0.3, -0.25) is 4.79 Å². The molecule has 3 N–H and O–H groups in total. The molecule has 0 saturated carbocycles. The quantitative estimate of drug-likeness (QED) is 0.877. The minimum atomic E-state index is -0.697. The SMILES string of the molecule is CC(C)(C)OC[C@@H](N)C(=O)NCc1ccc(Cl)c(Cl)c1. The number of carbonyl (C=O) groups excluding carboxylic acids is 1. The van der Waals surface area contributed by atoms with Crippen LogP contribution in [0, 0.1) is 0 Å². The van der Waals surface area contributed by atoms with E-state index in [4.69, 9.17) is 33.7 Å². The highest BCUT2D eigenvalue weighted by Crippen LogP contribution is 2.22. The molecule has 0 aliphatic heterocycles. The zero-order chi connectivity index (χ0) is 15.3. The van der Waals surface area contributed by atoms with Gasteiger partial charge in [0.1, 0.15) is 6.04 Å². The molecule has 0 saturated heterocycles. The highest BCUT2D eigenvalue weighted by molar-refractivity contribution is 6.42. The van der Waals surface area contributed by atoms with Crippen molar-refractivity contribution in [2.24, 2.45) is 5.73 Å². The summed E-state index contributed by atoms with van der Waals surface area (Å²) in [6.45, 7) is 6.25. The van der Waals surface area contributed by atoms with Gasteiger partial charge in [0, 0.05) is 6.54 Å². The molecule has 0 spiro atoms. The lowest BCUT2D eigenvalue weighted by Gasteiger charge is -2.22. The third-order valence-corrected chi connectivity index (χ3v) is 3.22. The molecule has 20 heavy (non-hydrogen) atoms. The maximum Gasteiger partial charge on any atom is 0.239 e. The van der Waals surface area contributed by atoms with Crippen LogP contribution in [0.15, 0.2) is 18.2 Å². The number of halogens is 2. The molecule has 0 heterocycles. The predicted octanol–water partition coefficient (Wildman–Crippen LogP) is 2.75. The molecule has 1 rings (SSSR count). The predicted molar refractivity (Wildman–Crippen MR) is 82.0 cm³/mol. The number of benzene rings is 1. The van der Waals surface area contributed by atoms with E-state index in [1.807, 2.05) is 20.8 Å². The van der Waals surface area contributed by atoms with E-state index < -0.39 is 6.04 Å². The van der Waals surface area contributed by atoms with Crippen LogP contribution >= 0.6 is 23.2 Å². The normalized spacial score (nSPS) is 13.1. The van der Waals surface area contributed by atoms with Crippen molar-refractivity contribution in [3.8, 4) is 0 Å². The maximum absolute atomic E-state index is 11.8.